The summed E-state index contributed by atoms with van der Waals surface area (Å²) in [7, 11) is 0. The lowest BCUT2D eigenvalue weighted by atomic mass is 10.1. The molecule has 0 saturated heterocycles. The van der Waals surface area contributed by atoms with Gasteiger partial charge in [-0.25, -0.2) is 15.1 Å². The summed E-state index contributed by atoms with van der Waals surface area (Å²) in [5, 5.41) is 7.38. The predicted octanol–water partition coefficient (Wildman–Crippen LogP) is 3.93. The van der Waals surface area contributed by atoms with Crippen molar-refractivity contribution in [2.24, 2.45) is 0 Å². The molecule has 0 spiro atoms. The second kappa shape index (κ2) is 9.17. The van der Waals surface area contributed by atoms with Crippen molar-refractivity contribution in [1.82, 2.24) is 20.2 Å². The highest BCUT2D eigenvalue weighted by atomic mass is 79.9. The van der Waals surface area contributed by atoms with Crippen LogP contribution in [0.1, 0.15) is 33.3 Å². The van der Waals surface area contributed by atoms with Crippen molar-refractivity contribution < 1.29 is 14.4 Å². The molecule has 2 N–H and O–H groups in total. The van der Waals surface area contributed by atoms with E-state index in [4.69, 9.17) is 16.4 Å². The maximum atomic E-state index is 13.0. The highest BCUT2D eigenvalue weighted by Crippen LogP contribution is 2.24. The van der Waals surface area contributed by atoms with Crippen LogP contribution in [-0.4, -0.2) is 33.2 Å². The molecule has 3 rings (SSSR count). The van der Waals surface area contributed by atoms with Gasteiger partial charge in [0.15, 0.2) is 5.82 Å². The van der Waals surface area contributed by atoms with Crippen molar-refractivity contribution in [3.8, 4) is 5.82 Å². The molecule has 150 valence electrons. The number of carbonyl (C=O) groups is 2. The quantitative estimate of drug-likeness (QED) is 0.523. The number of anilines is 1. The fraction of sp³-hybridized carbons (Fsp3) is 0.158. The van der Waals surface area contributed by atoms with E-state index in [2.05, 4.69) is 36.8 Å². The molecule has 0 saturated carbocycles. The molecule has 0 unspecified atom stereocenters. The second-order valence-electron chi connectivity index (χ2n) is 5.89. The van der Waals surface area contributed by atoms with Crippen molar-refractivity contribution in [1.29, 1.82) is 0 Å². The Kier molecular flexibility index (Phi) is 6.63. The van der Waals surface area contributed by atoms with E-state index in [-0.39, 0.29) is 11.3 Å². The van der Waals surface area contributed by atoms with Crippen LogP contribution in [-0.2, 0) is 4.84 Å². The first kappa shape index (κ1) is 21.0. The first-order valence-corrected chi connectivity index (χ1v) is 9.79. The molecule has 0 atom stereocenters. The number of aromatic nitrogens is 3. The van der Waals surface area contributed by atoms with Crippen LogP contribution < -0.4 is 10.8 Å². The number of hydroxylamine groups is 1. The molecule has 0 bridgehead atoms. The standard InChI is InChI=1S/C19H17BrClN5O3/c1-3-29-25-18(27)12-7-4-6-11(2)16(12)23-19(28)14-10-15(20)24-26(14)17-13(21)8-5-9-22-17/h4-10H,3H2,1-2H3,(H,23,28)(H,25,27). The minimum atomic E-state index is -0.482. The van der Waals surface area contributed by atoms with E-state index in [1.54, 1.807) is 56.4 Å². The van der Waals surface area contributed by atoms with Crippen LogP contribution in [0.3, 0.4) is 0 Å². The number of pyridine rings is 1. The number of halogens is 2. The summed E-state index contributed by atoms with van der Waals surface area (Å²) in [6.07, 6.45) is 1.55. The normalized spacial score (nSPS) is 10.6. The summed E-state index contributed by atoms with van der Waals surface area (Å²) >= 11 is 9.48. The zero-order chi connectivity index (χ0) is 21.0. The lowest BCUT2D eigenvalue weighted by Crippen LogP contribution is -2.26. The van der Waals surface area contributed by atoms with E-state index in [1.165, 1.54) is 4.68 Å². The first-order valence-electron chi connectivity index (χ1n) is 8.62. The molecule has 0 radical (unpaired) electrons. The average Bonchev–Trinajstić information content (AvgIpc) is 3.09. The van der Waals surface area contributed by atoms with E-state index in [0.717, 1.165) is 0 Å². The van der Waals surface area contributed by atoms with Gasteiger partial charge in [0.05, 0.1) is 22.9 Å². The zero-order valence-corrected chi connectivity index (χ0v) is 17.9. The van der Waals surface area contributed by atoms with Crippen LogP contribution in [0, 0.1) is 6.92 Å². The van der Waals surface area contributed by atoms with Gasteiger partial charge in [-0.15, -0.1) is 0 Å². The summed E-state index contributed by atoms with van der Waals surface area (Å²) in [5.41, 5.74) is 3.88. The van der Waals surface area contributed by atoms with Crippen molar-refractivity contribution in [3.63, 3.8) is 0 Å². The van der Waals surface area contributed by atoms with E-state index in [0.29, 0.717) is 33.3 Å². The van der Waals surface area contributed by atoms with Crippen LogP contribution >= 0.6 is 27.5 Å². The largest absolute Gasteiger partial charge is 0.320 e. The number of carbonyl (C=O) groups excluding carboxylic acids is 2. The van der Waals surface area contributed by atoms with Crippen molar-refractivity contribution in [2.75, 3.05) is 11.9 Å². The lowest BCUT2D eigenvalue weighted by molar-refractivity contribution is 0.0365. The van der Waals surface area contributed by atoms with E-state index in [1.807, 2.05) is 0 Å². The highest BCUT2D eigenvalue weighted by molar-refractivity contribution is 9.10. The summed E-state index contributed by atoms with van der Waals surface area (Å²) in [6, 6.07) is 9.98. The molecule has 2 amide bonds. The summed E-state index contributed by atoms with van der Waals surface area (Å²) in [6.45, 7) is 3.86. The lowest BCUT2D eigenvalue weighted by Gasteiger charge is -2.14. The Balaban J connectivity index is 1.97. The Morgan fingerprint density at radius 1 is 1.24 bits per heavy atom. The zero-order valence-electron chi connectivity index (χ0n) is 15.6. The van der Waals surface area contributed by atoms with Crippen molar-refractivity contribution in [2.45, 2.75) is 13.8 Å². The van der Waals surface area contributed by atoms with Gasteiger partial charge in [0, 0.05) is 12.3 Å². The third-order valence-corrected chi connectivity index (χ3v) is 4.60. The molecular formula is C19H17BrClN5O3. The SMILES string of the molecule is CCONC(=O)c1cccc(C)c1NC(=O)c1cc(Br)nn1-c1ncccc1Cl. The van der Waals surface area contributed by atoms with Crippen molar-refractivity contribution >= 4 is 45.0 Å². The average molecular weight is 479 g/mol. The van der Waals surface area contributed by atoms with Gasteiger partial charge in [-0.05, 0) is 53.5 Å². The third kappa shape index (κ3) is 4.64. The summed E-state index contributed by atoms with van der Waals surface area (Å²) in [4.78, 5) is 34.6. The molecule has 3 aromatic rings. The van der Waals surface area contributed by atoms with Crippen LogP contribution in [0.15, 0.2) is 47.2 Å². The minimum absolute atomic E-state index is 0.192. The molecule has 10 heteroatoms. The number of para-hydroxylation sites is 1. The predicted molar refractivity (Wildman–Crippen MR) is 112 cm³/mol. The number of amides is 2. The Bertz CT molecular complexity index is 1070. The van der Waals surface area contributed by atoms with Gasteiger partial charge in [0.1, 0.15) is 10.3 Å². The number of hydrogen-bond donors (Lipinski definition) is 2. The molecular weight excluding hydrogens is 462 g/mol. The Labute approximate surface area is 180 Å². The number of nitrogens with one attached hydrogen (secondary N) is 2. The van der Waals surface area contributed by atoms with Gasteiger partial charge in [0.2, 0.25) is 0 Å². The monoisotopic (exact) mass is 477 g/mol. The number of benzene rings is 1. The molecule has 29 heavy (non-hydrogen) atoms. The van der Waals surface area contributed by atoms with E-state index < -0.39 is 11.8 Å². The van der Waals surface area contributed by atoms with Crippen LogP contribution in [0.5, 0.6) is 0 Å². The molecule has 0 aliphatic carbocycles. The number of rotatable bonds is 6. The highest BCUT2D eigenvalue weighted by Gasteiger charge is 2.21. The fourth-order valence-electron chi connectivity index (χ4n) is 2.60. The van der Waals surface area contributed by atoms with Crippen LogP contribution in [0.2, 0.25) is 5.02 Å². The Morgan fingerprint density at radius 2 is 2.03 bits per heavy atom. The minimum Gasteiger partial charge on any atom is -0.320 e. The maximum Gasteiger partial charge on any atom is 0.276 e. The van der Waals surface area contributed by atoms with Gasteiger partial charge in [-0.1, -0.05) is 23.7 Å². The van der Waals surface area contributed by atoms with Crippen LogP contribution in [0.4, 0.5) is 5.69 Å². The molecule has 0 fully saturated rings. The number of aryl methyl sites for hydroxylation is 1. The van der Waals surface area contributed by atoms with Gasteiger partial charge >= 0.3 is 0 Å². The summed E-state index contributed by atoms with van der Waals surface area (Å²) in [5.74, 6) is -0.637. The summed E-state index contributed by atoms with van der Waals surface area (Å²) < 4.78 is 1.77. The molecule has 8 nitrogen and oxygen atoms in total. The molecule has 1 aromatic carbocycles. The Morgan fingerprint density at radius 3 is 2.76 bits per heavy atom. The molecule has 2 aromatic heterocycles. The van der Waals surface area contributed by atoms with Gasteiger partial charge in [0.25, 0.3) is 11.8 Å². The molecule has 2 heterocycles. The molecule has 0 aliphatic rings. The van der Waals surface area contributed by atoms with Crippen LogP contribution in [0.25, 0.3) is 5.82 Å². The third-order valence-electron chi connectivity index (χ3n) is 3.92. The number of hydrogen-bond acceptors (Lipinski definition) is 5. The van der Waals surface area contributed by atoms with Gasteiger partial charge < -0.3 is 5.32 Å². The fourth-order valence-corrected chi connectivity index (χ4v) is 3.18. The van der Waals surface area contributed by atoms with E-state index in [9.17, 15) is 9.59 Å². The second-order valence-corrected chi connectivity index (χ2v) is 7.11. The molecule has 0 aliphatic heterocycles. The van der Waals surface area contributed by atoms with Gasteiger partial charge in [-0.2, -0.15) is 5.10 Å². The van der Waals surface area contributed by atoms with Crippen molar-refractivity contribution in [3.05, 3.63) is 69.0 Å². The topological polar surface area (TPSA) is 98.1 Å². The Hall–Kier alpha value is -2.75. The number of nitrogens with zero attached hydrogens (tertiary/aromatic N) is 3. The smallest absolute Gasteiger partial charge is 0.276 e. The van der Waals surface area contributed by atoms with Gasteiger partial charge in [-0.3, -0.25) is 14.4 Å². The maximum absolute atomic E-state index is 13.0. The first-order chi connectivity index (χ1) is 13.9. The van der Waals surface area contributed by atoms with E-state index >= 15 is 0 Å².